The quantitative estimate of drug-likeness (QED) is 0.853. The maximum atomic E-state index is 11.5. The van der Waals surface area contributed by atoms with E-state index >= 15 is 0 Å². The Morgan fingerprint density at radius 2 is 2.18 bits per heavy atom. The van der Waals surface area contributed by atoms with Crippen LogP contribution in [0.25, 0.3) is 0 Å². The number of ether oxygens (including phenoxy) is 2. The van der Waals surface area contributed by atoms with E-state index in [1.807, 2.05) is 24.3 Å². The van der Waals surface area contributed by atoms with Gasteiger partial charge in [-0.1, -0.05) is 12.1 Å². The third-order valence-electron chi connectivity index (χ3n) is 2.64. The SMILES string of the molecule is COCc1ccc(N2CC(CO)OC2=O)cc1. The lowest BCUT2D eigenvalue weighted by Gasteiger charge is -2.13. The van der Waals surface area contributed by atoms with Crippen LogP contribution in [0.1, 0.15) is 5.56 Å². The van der Waals surface area contributed by atoms with Crippen molar-refractivity contribution < 1.29 is 19.4 Å². The van der Waals surface area contributed by atoms with Gasteiger partial charge in [-0.25, -0.2) is 4.79 Å². The highest BCUT2D eigenvalue weighted by Gasteiger charge is 2.31. The minimum Gasteiger partial charge on any atom is -0.441 e. The van der Waals surface area contributed by atoms with Crippen LogP contribution in [0, 0.1) is 0 Å². The molecule has 5 nitrogen and oxygen atoms in total. The first-order chi connectivity index (χ1) is 8.24. The summed E-state index contributed by atoms with van der Waals surface area (Å²) in [7, 11) is 1.64. The van der Waals surface area contributed by atoms with Gasteiger partial charge in [-0.05, 0) is 17.7 Å². The standard InChI is InChI=1S/C12H15NO4/c1-16-8-9-2-4-10(5-3-9)13-6-11(7-14)17-12(13)15/h2-5,11,14H,6-8H2,1H3. The van der Waals surface area contributed by atoms with Crippen molar-refractivity contribution in [3.63, 3.8) is 0 Å². The third kappa shape index (κ3) is 2.57. The molecule has 5 heteroatoms. The summed E-state index contributed by atoms with van der Waals surface area (Å²) in [6.45, 7) is 0.785. The van der Waals surface area contributed by atoms with Crippen LogP contribution in [-0.4, -0.2) is 37.6 Å². The maximum Gasteiger partial charge on any atom is 0.414 e. The van der Waals surface area contributed by atoms with Crippen LogP contribution in [0.2, 0.25) is 0 Å². The summed E-state index contributed by atoms with van der Waals surface area (Å²) in [5, 5.41) is 8.94. The van der Waals surface area contributed by atoms with E-state index in [0.29, 0.717) is 13.2 Å². The van der Waals surface area contributed by atoms with Gasteiger partial charge < -0.3 is 14.6 Å². The molecule has 1 aromatic rings. The van der Waals surface area contributed by atoms with E-state index in [1.165, 1.54) is 4.90 Å². The van der Waals surface area contributed by atoms with Crippen LogP contribution in [0.5, 0.6) is 0 Å². The van der Waals surface area contributed by atoms with Gasteiger partial charge in [0.2, 0.25) is 0 Å². The van der Waals surface area contributed by atoms with Crippen molar-refractivity contribution >= 4 is 11.8 Å². The summed E-state index contributed by atoms with van der Waals surface area (Å²) in [5.74, 6) is 0. The maximum absolute atomic E-state index is 11.5. The predicted molar refractivity (Wildman–Crippen MR) is 61.9 cm³/mol. The number of amides is 1. The zero-order chi connectivity index (χ0) is 12.3. The van der Waals surface area contributed by atoms with Gasteiger partial charge in [-0.2, -0.15) is 0 Å². The van der Waals surface area contributed by atoms with Crippen molar-refractivity contribution in [1.82, 2.24) is 0 Å². The molecule has 1 aromatic carbocycles. The van der Waals surface area contributed by atoms with Gasteiger partial charge in [0.25, 0.3) is 0 Å². The van der Waals surface area contributed by atoms with Gasteiger partial charge in [-0.15, -0.1) is 0 Å². The molecular formula is C12H15NO4. The van der Waals surface area contributed by atoms with E-state index in [0.717, 1.165) is 11.3 Å². The molecule has 0 saturated carbocycles. The highest BCUT2D eigenvalue weighted by molar-refractivity contribution is 5.89. The number of benzene rings is 1. The number of methoxy groups -OCH3 is 1. The van der Waals surface area contributed by atoms with Crippen LogP contribution in [0.4, 0.5) is 10.5 Å². The summed E-state index contributed by atoms with van der Waals surface area (Å²) in [6, 6.07) is 7.49. The zero-order valence-corrected chi connectivity index (χ0v) is 9.63. The highest BCUT2D eigenvalue weighted by Crippen LogP contribution is 2.22. The highest BCUT2D eigenvalue weighted by atomic mass is 16.6. The van der Waals surface area contributed by atoms with E-state index in [4.69, 9.17) is 14.6 Å². The molecule has 1 amide bonds. The number of hydrogen-bond donors (Lipinski definition) is 1. The summed E-state index contributed by atoms with van der Waals surface area (Å²) < 4.78 is 9.98. The van der Waals surface area contributed by atoms with Crippen LogP contribution in [0.15, 0.2) is 24.3 Å². The van der Waals surface area contributed by atoms with Crippen molar-refractivity contribution in [2.75, 3.05) is 25.2 Å². The minimum absolute atomic E-state index is 0.149. The Labute approximate surface area is 99.6 Å². The molecule has 17 heavy (non-hydrogen) atoms. The third-order valence-corrected chi connectivity index (χ3v) is 2.64. The molecule has 1 unspecified atom stereocenters. The van der Waals surface area contributed by atoms with Gasteiger partial charge in [-0.3, -0.25) is 4.90 Å². The monoisotopic (exact) mass is 237 g/mol. The average molecular weight is 237 g/mol. The van der Waals surface area contributed by atoms with Gasteiger partial charge in [0.15, 0.2) is 0 Å². The normalized spacial score (nSPS) is 19.5. The lowest BCUT2D eigenvalue weighted by atomic mass is 10.2. The number of aliphatic hydroxyl groups excluding tert-OH is 1. The average Bonchev–Trinajstić information content (AvgIpc) is 2.72. The number of nitrogens with zero attached hydrogens (tertiary/aromatic N) is 1. The van der Waals surface area contributed by atoms with E-state index < -0.39 is 12.2 Å². The first-order valence-corrected chi connectivity index (χ1v) is 5.41. The van der Waals surface area contributed by atoms with Crippen molar-refractivity contribution in [1.29, 1.82) is 0 Å². The Bertz CT molecular complexity index is 390. The molecular weight excluding hydrogens is 222 g/mol. The Balaban J connectivity index is 2.09. The van der Waals surface area contributed by atoms with Gasteiger partial charge in [0.1, 0.15) is 6.10 Å². The second-order valence-corrected chi connectivity index (χ2v) is 3.90. The van der Waals surface area contributed by atoms with Gasteiger partial charge >= 0.3 is 6.09 Å². The topological polar surface area (TPSA) is 59.0 Å². The van der Waals surface area contributed by atoms with Crippen molar-refractivity contribution in [2.24, 2.45) is 0 Å². The Hall–Kier alpha value is -1.59. The van der Waals surface area contributed by atoms with E-state index in [2.05, 4.69) is 0 Å². The molecule has 0 aliphatic carbocycles. The van der Waals surface area contributed by atoms with Gasteiger partial charge in [0.05, 0.1) is 19.8 Å². The molecule has 0 bridgehead atoms. The second kappa shape index (κ2) is 5.16. The van der Waals surface area contributed by atoms with Crippen molar-refractivity contribution in [2.45, 2.75) is 12.7 Å². The number of carbonyl (C=O) groups is 1. The predicted octanol–water partition coefficient (Wildman–Crippen LogP) is 1.15. The molecule has 1 fully saturated rings. The molecule has 2 rings (SSSR count). The number of aliphatic hydroxyl groups is 1. The molecule has 1 aliphatic rings. The molecule has 1 heterocycles. The first kappa shape index (κ1) is 11.9. The summed E-state index contributed by atoms with van der Waals surface area (Å²) in [5.41, 5.74) is 1.81. The first-order valence-electron chi connectivity index (χ1n) is 5.41. The molecule has 1 N–H and O–H groups in total. The fourth-order valence-corrected chi connectivity index (χ4v) is 1.77. The van der Waals surface area contributed by atoms with Crippen LogP contribution in [-0.2, 0) is 16.1 Å². The lowest BCUT2D eigenvalue weighted by molar-refractivity contribution is 0.0963. The number of carbonyl (C=O) groups excluding carboxylic acids is 1. The van der Waals surface area contributed by atoms with Crippen molar-refractivity contribution in [3.8, 4) is 0 Å². The van der Waals surface area contributed by atoms with Crippen LogP contribution in [0.3, 0.4) is 0 Å². The molecule has 0 aromatic heterocycles. The number of cyclic esters (lactones) is 1. The Morgan fingerprint density at radius 1 is 1.47 bits per heavy atom. The molecule has 0 radical (unpaired) electrons. The summed E-state index contributed by atoms with van der Waals surface area (Å²) in [4.78, 5) is 13.0. The molecule has 1 aliphatic heterocycles. The molecule has 92 valence electrons. The fraction of sp³-hybridized carbons (Fsp3) is 0.417. The number of rotatable bonds is 4. The fourth-order valence-electron chi connectivity index (χ4n) is 1.77. The minimum atomic E-state index is -0.429. The Kier molecular flexibility index (Phi) is 3.61. The molecule has 1 saturated heterocycles. The van der Waals surface area contributed by atoms with E-state index in [-0.39, 0.29) is 6.61 Å². The number of anilines is 1. The summed E-state index contributed by atoms with van der Waals surface area (Å²) >= 11 is 0. The van der Waals surface area contributed by atoms with E-state index in [1.54, 1.807) is 7.11 Å². The van der Waals surface area contributed by atoms with Crippen LogP contribution >= 0.6 is 0 Å². The Morgan fingerprint density at radius 3 is 2.71 bits per heavy atom. The number of hydrogen-bond acceptors (Lipinski definition) is 4. The summed E-state index contributed by atoms with van der Waals surface area (Å²) in [6.07, 6.45) is -0.843. The van der Waals surface area contributed by atoms with Crippen molar-refractivity contribution in [3.05, 3.63) is 29.8 Å². The molecule has 0 spiro atoms. The van der Waals surface area contributed by atoms with Crippen LogP contribution < -0.4 is 4.90 Å². The second-order valence-electron chi connectivity index (χ2n) is 3.90. The largest absolute Gasteiger partial charge is 0.441 e. The molecule has 1 atom stereocenters. The zero-order valence-electron chi connectivity index (χ0n) is 9.63. The lowest BCUT2D eigenvalue weighted by Crippen LogP contribution is -2.25. The smallest absolute Gasteiger partial charge is 0.414 e. The van der Waals surface area contributed by atoms with E-state index in [9.17, 15) is 4.79 Å². The van der Waals surface area contributed by atoms with Gasteiger partial charge in [0, 0.05) is 12.8 Å².